The number of fused-ring (bicyclic) bond motifs is 1. The molecule has 4 aromatic rings. The van der Waals surface area contributed by atoms with Gasteiger partial charge in [-0.2, -0.15) is 0 Å². The number of nitrogens with one attached hydrogen (secondary N) is 2. The number of anilines is 3. The molecule has 1 aliphatic rings. The lowest BCUT2D eigenvalue weighted by Crippen LogP contribution is -2.38. The molecular weight excluding hydrogens is 450 g/mol. The summed E-state index contributed by atoms with van der Waals surface area (Å²) in [4.78, 5) is 15.6. The Bertz CT molecular complexity index is 1340. The Hall–Kier alpha value is -3.92. The Kier molecular flexibility index (Phi) is 6.12. The minimum Gasteiger partial charge on any atom is -0.345 e. The maximum atomic E-state index is 13.7. The number of rotatable bonds is 7. The van der Waals surface area contributed by atoms with Gasteiger partial charge in [-0.3, -0.25) is 9.88 Å². The van der Waals surface area contributed by atoms with Gasteiger partial charge in [0.25, 0.3) is 5.92 Å². The van der Waals surface area contributed by atoms with Crippen molar-refractivity contribution in [1.82, 2.24) is 29.5 Å². The topological polar surface area (TPSA) is 83.3 Å². The molecule has 0 spiro atoms. The van der Waals surface area contributed by atoms with Gasteiger partial charge >= 0.3 is 0 Å². The SMILES string of the molecule is C=C(C)Nc1cc(Nc2nc(-c3ccccn3)nn3ccc(CN4CCC(F)(F)CC4)c23)ccn1. The monoisotopic (exact) mass is 476 g/mol. The molecule has 180 valence electrons. The molecule has 1 aliphatic heterocycles. The highest BCUT2D eigenvalue weighted by atomic mass is 19.3. The van der Waals surface area contributed by atoms with E-state index in [1.807, 2.05) is 54.4 Å². The van der Waals surface area contributed by atoms with Crippen LogP contribution in [0.3, 0.4) is 0 Å². The van der Waals surface area contributed by atoms with Crippen LogP contribution in [0.2, 0.25) is 0 Å². The number of nitrogens with zero attached hydrogens (tertiary/aromatic N) is 6. The third kappa shape index (κ3) is 5.27. The average Bonchev–Trinajstić information content (AvgIpc) is 3.24. The summed E-state index contributed by atoms with van der Waals surface area (Å²) in [6.07, 6.45) is 5.00. The molecule has 0 aromatic carbocycles. The lowest BCUT2D eigenvalue weighted by Gasteiger charge is -2.31. The maximum Gasteiger partial charge on any atom is 0.250 e. The number of alkyl halides is 2. The fourth-order valence-electron chi connectivity index (χ4n) is 4.12. The minimum atomic E-state index is -2.58. The van der Waals surface area contributed by atoms with E-state index >= 15 is 0 Å². The van der Waals surface area contributed by atoms with Crippen LogP contribution in [0.25, 0.3) is 17.0 Å². The molecular formula is C25H26F2N8. The molecule has 5 heterocycles. The van der Waals surface area contributed by atoms with Crippen molar-refractivity contribution in [1.29, 1.82) is 0 Å². The summed E-state index contributed by atoms with van der Waals surface area (Å²) in [5, 5.41) is 11.2. The van der Waals surface area contributed by atoms with E-state index in [1.165, 1.54) is 0 Å². The van der Waals surface area contributed by atoms with Gasteiger partial charge in [-0.15, -0.1) is 5.10 Å². The van der Waals surface area contributed by atoms with E-state index < -0.39 is 5.92 Å². The fourth-order valence-corrected chi connectivity index (χ4v) is 4.12. The van der Waals surface area contributed by atoms with Crippen molar-refractivity contribution in [2.45, 2.75) is 32.2 Å². The summed E-state index contributed by atoms with van der Waals surface area (Å²) < 4.78 is 29.1. The van der Waals surface area contributed by atoms with Crippen LogP contribution < -0.4 is 10.6 Å². The van der Waals surface area contributed by atoms with Gasteiger partial charge in [0.1, 0.15) is 17.0 Å². The highest BCUT2D eigenvalue weighted by molar-refractivity contribution is 5.78. The van der Waals surface area contributed by atoms with Crippen LogP contribution >= 0.6 is 0 Å². The standard InChI is InChI=1S/C25H26F2N8/c1-17(2)30-21-15-19(6-11-29-21)31-24-22-18(16-34-13-8-25(26,27)9-14-34)7-12-35(22)33-23(32-24)20-5-3-4-10-28-20/h3-7,10-12,15H,1,8-9,13-14,16H2,2H3,(H2,29,30,31,32,33). The second kappa shape index (κ2) is 9.38. The molecule has 1 saturated heterocycles. The smallest absolute Gasteiger partial charge is 0.250 e. The van der Waals surface area contributed by atoms with Crippen molar-refractivity contribution in [2.24, 2.45) is 0 Å². The molecule has 0 aliphatic carbocycles. The van der Waals surface area contributed by atoms with Crippen molar-refractivity contribution in [2.75, 3.05) is 23.7 Å². The third-order valence-corrected chi connectivity index (χ3v) is 5.83. The fraction of sp³-hybridized carbons (Fsp3) is 0.280. The van der Waals surface area contributed by atoms with Crippen molar-refractivity contribution in [3.63, 3.8) is 0 Å². The molecule has 0 unspecified atom stereocenters. The van der Waals surface area contributed by atoms with Gasteiger partial charge in [-0.25, -0.2) is 23.3 Å². The maximum absolute atomic E-state index is 13.7. The second-order valence-corrected chi connectivity index (χ2v) is 8.73. The summed E-state index contributed by atoms with van der Waals surface area (Å²) in [5.41, 5.74) is 3.94. The number of aromatic nitrogens is 5. The van der Waals surface area contributed by atoms with Gasteiger partial charge in [0, 0.05) is 68.5 Å². The van der Waals surface area contributed by atoms with Crippen LogP contribution in [-0.2, 0) is 6.54 Å². The Morgan fingerprint density at radius 3 is 2.69 bits per heavy atom. The predicted octanol–water partition coefficient (Wildman–Crippen LogP) is 5.11. The average molecular weight is 477 g/mol. The number of likely N-dealkylation sites (tertiary alicyclic amines) is 1. The van der Waals surface area contributed by atoms with E-state index in [0.717, 1.165) is 22.5 Å². The molecule has 35 heavy (non-hydrogen) atoms. The Balaban J connectivity index is 1.52. The molecule has 5 rings (SSSR count). The van der Waals surface area contributed by atoms with Crippen molar-refractivity contribution in [3.05, 3.63) is 72.8 Å². The lowest BCUT2D eigenvalue weighted by atomic mass is 10.1. The quantitative estimate of drug-likeness (QED) is 0.384. The van der Waals surface area contributed by atoms with E-state index in [4.69, 9.17) is 4.98 Å². The van der Waals surface area contributed by atoms with Crippen LogP contribution in [0.15, 0.2) is 67.3 Å². The largest absolute Gasteiger partial charge is 0.345 e. The van der Waals surface area contributed by atoms with E-state index in [9.17, 15) is 8.78 Å². The van der Waals surface area contributed by atoms with Gasteiger partial charge in [0.2, 0.25) is 5.82 Å². The first kappa shape index (κ1) is 22.9. The van der Waals surface area contributed by atoms with Crippen LogP contribution in [-0.4, -0.2) is 48.5 Å². The summed E-state index contributed by atoms with van der Waals surface area (Å²) in [7, 11) is 0. The molecule has 2 N–H and O–H groups in total. The van der Waals surface area contributed by atoms with Crippen molar-refractivity contribution < 1.29 is 8.78 Å². The highest BCUT2D eigenvalue weighted by Crippen LogP contribution is 2.31. The number of halogens is 2. The van der Waals surface area contributed by atoms with Gasteiger partial charge < -0.3 is 10.6 Å². The van der Waals surface area contributed by atoms with E-state index in [2.05, 4.69) is 32.3 Å². The molecule has 0 radical (unpaired) electrons. The van der Waals surface area contributed by atoms with Gasteiger partial charge in [0.15, 0.2) is 5.82 Å². The zero-order valence-electron chi connectivity index (χ0n) is 19.4. The van der Waals surface area contributed by atoms with Gasteiger partial charge in [-0.05, 0) is 36.8 Å². The normalized spacial score (nSPS) is 15.7. The van der Waals surface area contributed by atoms with Gasteiger partial charge in [-0.1, -0.05) is 12.6 Å². The van der Waals surface area contributed by atoms with Crippen LogP contribution in [0.4, 0.5) is 26.1 Å². The number of pyridine rings is 2. The molecule has 0 amide bonds. The zero-order chi connectivity index (χ0) is 24.4. The van der Waals surface area contributed by atoms with Crippen LogP contribution in [0, 0.1) is 0 Å². The highest BCUT2D eigenvalue weighted by Gasteiger charge is 2.34. The van der Waals surface area contributed by atoms with Crippen molar-refractivity contribution >= 4 is 22.8 Å². The Morgan fingerprint density at radius 2 is 1.94 bits per heavy atom. The molecule has 0 atom stereocenters. The van der Waals surface area contributed by atoms with E-state index in [0.29, 0.717) is 42.8 Å². The summed E-state index contributed by atoms with van der Waals surface area (Å²) in [6.45, 7) is 6.95. The Labute approximate surface area is 201 Å². The number of hydrogen-bond acceptors (Lipinski definition) is 7. The molecule has 10 heteroatoms. The first-order valence-corrected chi connectivity index (χ1v) is 11.4. The number of allylic oxidation sites excluding steroid dienone is 1. The number of piperidine rings is 1. The summed E-state index contributed by atoms with van der Waals surface area (Å²) in [6, 6.07) is 11.2. The molecule has 0 saturated carbocycles. The van der Waals surface area contributed by atoms with Crippen molar-refractivity contribution in [3.8, 4) is 11.5 Å². The first-order valence-electron chi connectivity index (χ1n) is 11.4. The van der Waals surface area contributed by atoms with E-state index in [1.54, 1.807) is 16.9 Å². The zero-order valence-corrected chi connectivity index (χ0v) is 19.4. The van der Waals surface area contributed by atoms with Crippen LogP contribution in [0.5, 0.6) is 0 Å². The van der Waals surface area contributed by atoms with Gasteiger partial charge in [0.05, 0.1) is 0 Å². The first-order chi connectivity index (χ1) is 16.9. The lowest BCUT2D eigenvalue weighted by molar-refractivity contribution is -0.0565. The van der Waals surface area contributed by atoms with E-state index in [-0.39, 0.29) is 12.8 Å². The Morgan fingerprint density at radius 1 is 1.11 bits per heavy atom. The predicted molar refractivity (Wildman–Crippen MR) is 132 cm³/mol. The summed E-state index contributed by atoms with van der Waals surface area (Å²) >= 11 is 0. The molecule has 1 fully saturated rings. The third-order valence-electron chi connectivity index (χ3n) is 5.83. The summed E-state index contributed by atoms with van der Waals surface area (Å²) in [5.74, 6) is -0.864. The van der Waals surface area contributed by atoms with Crippen LogP contribution in [0.1, 0.15) is 25.3 Å². The molecule has 8 nitrogen and oxygen atoms in total. The number of hydrogen-bond donors (Lipinski definition) is 2. The second-order valence-electron chi connectivity index (χ2n) is 8.73. The molecule has 0 bridgehead atoms. The molecule has 4 aromatic heterocycles. The minimum absolute atomic E-state index is 0.125.